The maximum atomic E-state index is 12.8. The van der Waals surface area contributed by atoms with Gasteiger partial charge in [-0.25, -0.2) is 9.97 Å². The molecule has 1 unspecified atom stereocenters. The minimum absolute atomic E-state index is 0.184. The third-order valence-electron chi connectivity index (χ3n) is 4.29. The van der Waals surface area contributed by atoms with Gasteiger partial charge in [0.25, 0.3) is 5.91 Å². The highest BCUT2D eigenvalue weighted by atomic mass is 35.5. The number of carbonyl (C=O) groups excluding carboxylic acids is 2. The Morgan fingerprint density at radius 1 is 1.17 bits per heavy atom. The number of rotatable bonds is 7. The highest BCUT2D eigenvalue weighted by Gasteiger charge is 2.24. The molecular weight excluding hydrogens is 425 g/mol. The summed E-state index contributed by atoms with van der Waals surface area (Å²) in [5.41, 5.74) is 0.783. The summed E-state index contributed by atoms with van der Waals surface area (Å²) in [6, 6.07) is 7.36. The number of amides is 2. The Labute approximate surface area is 184 Å². The van der Waals surface area contributed by atoms with E-state index in [0.29, 0.717) is 22.9 Å². The van der Waals surface area contributed by atoms with Crippen LogP contribution >= 0.6 is 23.2 Å². The molecule has 2 heterocycles. The first-order chi connectivity index (χ1) is 14.3. The van der Waals surface area contributed by atoms with Crippen molar-refractivity contribution in [3.8, 4) is 5.82 Å². The Hall–Kier alpha value is -2.90. The molecule has 3 aromatic rings. The van der Waals surface area contributed by atoms with Crippen molar-refractivity contribution in [3.05, 3.63) is 70.9 Å². The number of carbonyl (C=O) groups is 2. The van der Waals surface area contributed by atoms with Crippen LogP contribution in [0.15, 0.2) is 55.2 Å². The van der Waals surface area contributed by atoms with Gasteiger partial charge in [0.05, 0.1) is 22.5 Å². The minimum atomic E-state index is -0.738. The summed E-state index contributed by atoms with van der Waals surface area (Å²) in [5, 5.41) is 6.23. The van der Waals surface area contributed by atoms with Crippen LogP contribution in [0.1, 0.15) is 30.6 Å². The Balaban J connectivity index is 1.71. The van der Waals surface area contributed by atoms with Crippen LogP contribution in [-0.2, 0) is 4.79 Å². The van der Waals surface area contributed by atoms with Gasteiger partial charge in [-0.3, -0.25) is 14.2 Å². The summed E-state index contributed by atoms with van der Waals surface area (Å²) in [6.07, 6.45) is 7.08. The number of nitrogens with zero attached hydrogens (tertiary/aromatic N) is 3. The molecule has 2 N–H and O–H groups in total. The van der Waals surface area contributed by atoms with Crippen molar-refractivity contribution in [1.29, 1.82) is 0 Å². The van der Waals surface area contributed by atoms with Gasteiger partial charge in [-0.2, -0.15) is 0 Å². The molecule has 0 radical (unpaired) electrons. The fourth-order valence-electron chi connectivity index (χ4n) is 2.85. The van der Waals surface area contributed by atoms with Crippen LogP contribution in [0, 0.1) is 5.92 Å². The average molecular weight is 446 g/mol. The maximum Gasteiger partial charge on any atom is 0.253 e. The first-order valence-electron chi connectivity index (χ1n) is 9.34. The van der Waals surface area contributed by atoms with Crippen LogP contribution < -0.4 is 10.6 Å². The van der Waals surface area contributed by atoms with Gasteiger partial charge in [-0.1, -0.05) is 37.0 Å². The monoisotopic (exact) mass is 445 g/mol. The van der Waals surface area contributed by atoms with E-state index in [2.05, 4.69) is 20.6 Å². The van der Waals surface area contributed by atoms with E-state index in [0.717, 1.165) is 0 Å². The van der Waals surface area contributed by atoms with Crippen molar-refractivity contribution in [2.24, 2.45) is 5.92 Å². The number of hydrogen-bond donors (Lipinski definition) is 2. The van der Waals surface area contributed by atoms with Crippen LogP contribution in [-0.4, -0.2) is 32.4 Å². The van der Waals surface area contributed by atoms with E-state index in [1.165, 1.54) is 12.1 Å². The van der Waals surface area contributed by atoms with Crippen LogP contribution in [0.25, 0.3) is 5.82 Å². The van der Waals surface area contributed by atoms with Crippen molar-refractivity contribution in [2.45, 2.75) is 26.3 Å². The molecular formula is C21H21Cl2N5O2. The molecule has 3 rings (SSSR count). The Morgan fingerprint density at radius 2 is 1.97 bits per heavy atom. The molecule has 0 aliphatic carbocycles. The molecule has 30 heavy (non-hydrogen) atoms. The summed E-state index contributed by atoms with van der Waals surface area (Å²) >= 11 is 12.0. The largest absolute Gasteiger partial charge is 0.340 e. The van der Waals surface area contributed by atoms with Crippen LogP contribution in [0.2, 0.25) is 10.0 Å². The second kappa shape index (κ2) is 9.73. The van der Waals surface area contributed by atoms with E-state index in [9.17, 15) is 9.59 Å². The molecule has 1 aromatic carbocycles. The van der Waals surface area contributed by atoms with Gasteiger partial charge < -0.3 is 10.6 Å². The predicted octanol–water partition coefficient (Wildman–Crippen LogP) is 4.36. The van der Waals surface area contributed by atoms with Gasteiger partial charge in [-0.05, 0) is 42.7 Å². The van der Waals surface area contributed by atoms with Crippen LogP contribution in [0.4, 0.5) is 5.69 Å². The molecule has 1 atom stereocenters. The fraction of sp³-hybridized carbons (Fsp3) is 0.238. The van der Waals surface area contributed by atoms with Gasteiger partial charge in [0.15, 0.2) is 0 Å². The van der Waals surface area contributed by atoms with E-state index >= 15 is 0 Å². The first-order valence-corrected chi connectivity index (χ1v) is 10.1. The quantitative estimate of drug-likeness (QED) is 0.565. The number of benzene rings is 1. The normalized spacial score (nSPS) is 11.9. The van der Waals surface area contributed by atoms with Gasteiger partial charge in [0, 0.05) is 17.4 Å². The molecule has 2 amide bonds. The van der Waals surface area contributed by atoms with Crippen molar-refractivity contribution in [3.63, 3.8) is 0 Å². The van der Waals surface area contributed by atoms with E-state index < -0.39 is 11.9 Å². The van der Waals surface area contributed by atoms with Gasteiger partial charge in [-0.15, -0.1) is 0 Å². The standard InChI is InChI=1S/C21H21Cl2N5O2/c1-13(2)9-18(27-20(29)16-5-3-14(22)10-17(16)23)21(30)26-15-4-6-19(25-11-15)28-8-7-24-12-28/h3-8,10-13,18H,9H2,1-2H3,(H,26,30)(H,27,29). The minimum Gasteiger partial charge on any atom is -0.340 e. The van der Waals surface area contributed by atoms with E-state index in [-0.39, 0.29) is 22.4 Å². The van der Waals surface area contributed by atoms with Gasteiger partial charge >= 0.3 is 0 Å². The van der Waals surface area contributed by atoms with E-state index in [1.807, 2.05) is 13.8 Å². The fourth-order valence-corrected chi connectivity index (χ4v) is 3.34. The SMILES string of the molecule is CC(C)CC(NC(=O)c1ccc(Cl)cc1Cl)C(=O)Nc1ccc(-n2ccnc2)nc1. The molecule has 0 spiro atoms. The molecule has 0 saturated carbocycles. The lowest BCUT2D eigenvalue weighted by Crippen LogP contribution is -2.44. The lowest BCUT2D eigenvalue weighted by molar-refractivity contribution is -0.118. The maximum absolute atomic E-state index is 12.8. The number of halogens is 2. The van der Waals surface area contributed by atoms with Gasteiger partial charge in [0.2, 0.25) is 5.91 Å². The highest BCUT2D eigenvalue weighted by Crippen LogP contribution is 2.21. The molecule has 9 heteroatoms. The topological polar surface area (TPSA) is 88.9 Å². The average Bonchev–Trinajstić information content (AvgIpc) is 3.22. The van der Waals surface area contributed by atoms with Crippen molar-refractivity contribution in [2.75, 3.05) is 5.32 Å². The number of nitrogens with one attached hydrogen (secondary N) is 2. The third-order valence-corrected chi connectivity index (χ3v) is 4.84. The molecule has 0 bridgehead atoms. The number of pyridine rings is 1. The lowest BCUT2D eigenvalue weighted by Gasteiger charge is -2.20. The molecule has 0 aliphatic rings. The Bertz CT molecular complexity index is 1020. The third kappa shape index (κ3) is 5.58. The predicted molar refractivity (Wildman–Crippen MR) is 117 cm³/mol. The van der Waals surface area contributed by atoms with E-state index in [1.54, 1.807) is 47.7 Å². The van der Waals surface area contributed by atoms with Crippen molar-refractivity contribution >= 4 is 40.7 Å². The zero-order valence-electron chi connectivity index (χ0n) is 16.5. The van der Waals surface area contributed by atoms with Crippen molar-refractivity contribution < 1.29 is 9.59 Å². The number of anilines is 1. The number of aromatic nitrogens is 3. The molecule has 7 nitrogen and oxygen atoms in total. The summed E-state index contributed by atoms with van der Waals surface area (Å²) in [5.74, 6) is 0.0868. The van der Waals surface area contributed by atoms with Crippen LogP contribution in [0.5, 0.6) is 0 Å². The Kier molecular flexibility index (Phi) is 7.07. The second-order valence-corrected chi connectivity index (χ2v) is 7.99. The zero-order valence-corrected chi connectivity index (χ0v) is 18.0. The highest BCUT2D eigenvalue weighted by molar-refractivity contribution is 6.36. The molecule has 2 aromatic heterocycles. The summed E-state index contributed by atoms with van der Waals surface area (Å²) in [6.45, 7) is 3.95. The smallest absolute Gasteiger partial charge is 0.253 e. The molecule has 156 valence electrons. The Morgan fingerprint density at radius 3 is 2.57 bits per heavy atom. The van der Waals surface area contributed by atoms with Crippen LogP contribution in [0.3, 0.4) is 0 Å². The number of imidazole rings is 1. The second-order valence-electron chi connectivity index (χ2n) is 7.14. The molecule has 0 fully saturated rings. The summed E-state index contributed by atoms with van der Waals surface area (Å²) < 4.78 is 1.75. The lowest BCUT2D eigenvalue weighted by atomic mass is 10.0. The molecule has 0 saturated heterocycles. The zero-order chi connectivity index (χ0) is 21.7. The number of hydrogen-bond acceptors (Lipinski definition) is 4. The van der Waals surface area contributed by atoms with Gasteiger partial charge in [0.1, 0.15) is 18.2 Å². The van der Waals surface area contributed by atoms with Crippen molar-refractivity contribution in [1.82, 2.24) is 19.9 Å². The summed E-state index contributed by atoms with van der Waals surface area (Å²) in [4.78, 5) is 33.8. The molecule has 0 aliphatic heterocycles. The van der Waals surface area contributed by atoms with E-state index in [4.69, 9.17) is 23.2 Å². The summed E-state index contributed by atoms with van der Waals surface area (Å²) in [7, 11) is 0. The first kappa shape index (κ1) is 21.8.